The summed E-state index contributed by atoms with van der Waals surface area (Å²) in [5.41, 5.74) is 4.72. The number of halogens is 3. The van der Waals surface area contributed by atoms with Crippen LogP contribution in [0.2, 0.25) is 0 Å². The number of ether oxygens (including phenoxy) is 1. The van der Waals surface area contributed by atoms with E-state index in [-0.39, 0.29) is 22.0 Å². The summed E-state index contributed by atoms with van der Waals surface area (Å²) in [5, 5.41) is 2.29. The average Bonchev–Trinajstić information content (AvgIpc) is 3.28. The summed E-state index contributed by atoms with van der Waals surface area (Å²) in [6, 6.07) is 15.6. The van der Waals surface area contributed by atoms with Crippen LogP contribution in [0.15, 0.2) is 82.3 Å². The standard InChI is InChI=1S/C23H20F3N3O4S2/c1-28-22(30)33-16-7-4-6-15(12-16)29-18(13-21(27)23(24,25)26)20-10-9-19(34-20)14-5-3-8-17(11-14)35(2,31)32/h3-13H,1-2H3,(H3-,27,28,29,30,31,32)/p+1. The van der Waals surface area contributed by atoms with Crippen molar-refractivity contribution in [2.45, 2.75) is 11.1 Å². The van der Waals surface area contributed by atoms with Gasteiger partial charge in [-0.15, -0.1) is 11.3 Å². The number of nitrogens with zero attached hydrogens (tertiary/aromatic N) is 1. The molecule has 0 saturated carbocycles. The Morgan fingerprint density at radius 1 is 1.17 bits per heavy atom. The van der Waals surface area contributed by atoms with Crippen molar-refractivity contribution < 1.29 is 31.5 Å². The second-order valence-corrected chi connectivity index (χ2v) is 10.4. The van der Waals surface area contributed by atoms with Crippen LogP contribution >= 0.6 is 11.3 Å². The van der Waals surface area contributed by atoms with E-state index in [4.69, 9.17) is 10.5 Å². The van der Waals surface area contributed by atoms with Crippen LogP contribution in [0.3, 0.4) is 0 Å². The number of carbonyl (C=O) groups is 1. The van der Waals surface area contributed by atoms with Crippen molar-refractivity contribution in [3.8, 4) is 16.2 Å². The number of nitrogens with one attached hydrogen (secondary N) is 1. The maximum Gasteiger partial charge on any atom is 0.430 e. The number of hydrogen-bond donors (Lipinski definition) is 3. The molecule has 1 atom stereocenters. The molecule has 2 aromatic carbocycles. The van der Waals surface area contributed by atoms with Crippen LogP contribution in [0.1, 0.15) is 4.88 Å². The first kappa shape index (κ1) is 26.1. The molecule has 0 bridgehead atoms. The molecule has 7 nitrogen and oxygen atoms in total. The molecule has 0 fully saturated rings. The molecule has 0 saturated heterocycles. The quantitative estimate of drug-likeness (QED) is 0.286. The molecule has 4 N–H and O–H groups in total. The van der Waals surface area contributed by atoms with Crippen LogP contribution in [-0.2, 0) is 14.4 Å². The Morgan fingerprint density at radius 2 is 1.89 bits per heavy atom. The summed E-state index contributed by atoms with van der Waals surface area (Å²) in [5.74, 6) is 0.147. The summed E-state index contributed by atoms with van der Waals surface area (Å²) >= 11 is 1.14. The van der Waals surface area contributed by atoms with E-state index in [0.29, 0.717) is 15.3 Å². The minimum absolute atomic E-state index is 0.0641. The zero-order valence-electron chi connectivity index (χ0n) is 18.5. The zero-order chi connectivity index (χ0) is 25.8. The fourth-order valence-electron chi connectivity index (χ4n) is 2.82. The Labute approximate surface area is 204 Å². The van der Waals surface area contributed by atoms with Gasteiger partial charge in [-0.05, 0) is 42.0 Å². The van der Waals surface area contributed by atoms with E-state index in [1.807, 2.05) is 0 Å². The number of allylic oxidation sites excluding steroid dienone is 2. The van der Waals surface area contributed by atoms with Gasteiger partial charge in [-0.25, -0.2) is 9.79 Å². The van der Waals surface area contributed by atoms with Gasteiger partial charge in [-0.2, -0.15) is 17.7 Å². The first-order chi connectivity index (χ1) is 16.4. The molecule has 1 heterocycles. The number of benzene rings is 2. The topological polar surface area (TPSA) is 114 Å². The molecular formula is C23H21F3N3O4S2+. The molecular weight excluding hydrogens is 503 g/mol. The zero-order valence-corrected chi connectivity index (χ0v) is 20.1. The maximum atomic E-state index is 13.2. The molecule has 1 amide bonds. The monoisotopic (exact) mass is 524 g/mol. The molecule has 0 aliphatic rings. The molecule has 3 rings (SSSR count). The number of hydrogen-bond acceptors (Lipinski definition) is 6. The lowest BCUT2D eigenvalue weighted by molar-refractivity contribution is -0.0925. The summed E-state index contributed by atoms with van der Waals surface area (Å²) in [4.78, 5) is 17.0. The summed E-state index contributed by atoms with van der Waals surface area (Å²) in [6.07, 6.45) is -3.55. The van der Waals surface area contributed by atoms with E-state index in [2.05, 4.69) is 10.3 Å². The van der Waals surface area contributed by atoms with Gasteiger partial charge in [-0.3, -0.25) is 0 Å². The normalized spacial score (nSPS) is 14.3. The summed E-state index contributed by atoms with van der Waals surface area (Å²) in [7, 11) is -1.81. The van der Waals surface area contributed by atoms with Gasteiger partial charge in [0.2, 0.25) is 10.2 Å². The number of amides is 1. The molecule has 0 radical (unpaired) electrons. The van der Waals surface area contributed by atoms with Gasteiger partial charge in [0.15, 0.2) is 4.90 Å². The van der Waals surface area contributed by atoms with Crippen molar-refractivity contribution in [1.29, 1.82) is 0 Å². The van der Waals surface area contributed by atoms with Gasteiger partial charge in [0.1, 0.15) is 17.7 Å². The Balaban J connectivity index is 2.06. The SMILES string of the molecule is CNC(=O)Oc1cccc(N=C(/C=C(\N)C(F)(F)F)c2ccc(-c3cccc([S+](C)(=O)O)c3)s2)c1. The second kappa shape index (κ2) is 10.4. The molecule has 12 heteroatoms. The maximum absolute atomic E-state index is 13.2. The molecule has 35 heavy (non-hydrogen) atoms. The number of nitrogens with two attached hydrogens (primary N) is 1. The van der Waals surface area contributed by atoms with Gasteiger partial charge in [0, 0.05) is 24.1 Å². The molecule has 1 unspecified atom stereocenters. The molecule has 1 aromatic heterocycles. The van der Waals surface area contributed by atoms with Crippen molar-refractivity contribution in [3.63, 3.8) is 0 Å². The lowest BCUT2D eigenvalue weighted by atomic mass is 10.2. The van der Waals surface area contributed by atoms with Gasteiger partial charge in [0.25, 0.3) is 0 Å². The van der Waals surface area contributed by atoms with E-state index in [1.54, 1.807) is 30.3 Å². The van der Waals surface area contributed by atoms with Gasteiger partial charge >= 0.3 is 12.3 Å². The smallest absolute Gasteiger partial charge is 0.410 e. The third-order valence-electron chi connectivity index (χ3n) is 4.52. The Bertz CT molecular complexity index is 1340. The molecule has 184 valence electrons. The van der Waals surface area contributed by atoms with E-state index in [9.17, 15) is 26.7 Å². The predicted molar refractivity (Wildman–Crippen MR) is 131 cm³/mol. The van der Waals surface area contributed by atoms with Gasteiger partial charge in [0.05, 0.1) is 16.3 Å². The minimum Gasteiger partial charge on any atom is -0.410 e. The number of aliphatic imine (C=N–C) groups is 1. The number of thiophene rings is 1. The lowest BCUT2D eigenvalue weighted by Gasteiger charge is -2.08. The number of rotatable bonds is 6. The van der Waals surface area contributed by atoms with Crippen molar-refractivity contribution in [2.75, 3.05) is 13.3 Å². The lowest BCUT2D eigenvalue weighted by Crippen LogP contribution is -2.21. The van der Waals surface area contributed by atoms with E-state index in [0.717, 1.165) is 17.4 Å². The highest BCUT2D eigenvalue weighted by Crippen LogP contribution is 2.32. The van der Waals surface area contributed by atoms with Crippen molar-refractivity contribution in [1.82, 2.24) is 5.32 Å². The van der Waals surface area contributed by atoms with Gasteiger partial charge in [-0.1, -0.05) is 22.4 Å². The average molecular weight is 525 g/mol. The largest absolute Gasteiger partial charge is 0.430 e. The fraction of sp³-hybridized carbons (Fsp3) is 0.130. The Hall–Kier alpha value is -3.48. The Morgan fingerprint density at radius 3 is 2.54 bits per heavy atom. The van der Waals surface area contributed by atoms with Crippen LogP contribution in [-0.4, -0.2) is 35.8 Å². The number of carbonyl (C=O) groups excluding carboxylic acids is 1. The van der Waals surface area contributed by atoms with E-state index >= 15 is 0 Å². The first-order valence-electron chi connectivity index (χ1n) is 9.92. The predicted octanol–water partition coefficient (Wildman–Crippen LogP) is 5.62. The van der Waals surface area contributed by atoms with Crippen LogP contribution in [0.4, 0.5) is 23.7 Å². The molecule has 0 aliphatic carbocycles. The summed E-state index contributed by atoms with van der Waals surface area (Å²) < 4.78 is 66.4. The van der Waals surface area contributed by atoms with Crippen LogP contribution < -0.4 is 15.8 Å². The molecule has 0 aliphatic heterocycles. The highest BCUT2D eigenvalue weighted by Gasteiger charge is 2.32. The third-order valence-corrected chi connectivity index (χ3v) is 6.80. The van der Waals surface area contributed by atoms with Crippen molar-refractivity contribution in [2.24, 2.45) is 10.7 Å². The Kier molecular flexibility index (Phi) is 7.78. The van der Waals surface area contributed by atoms with Crippen LogP contribution in [0.5, 0.6) is 5.75 Å². The second-order valence-electron chi connectivity index (χ2n) is 7.23. The highest BCUT2D eigenvalue weighted by molar-refractivity contribution is 7.97. The van der Waals surface area contributed by atoms with Crippen LogP contribution in [0, 0.1) is 0 Å². The summed E-state index contributed by atoms with van der Waals surface area (Å²) in [6.45, 7) is 0. The third kappa shape index (κ3) is 7.01. The highest BCUT2D eigenvalue weighted by atomic mass is 32.3. The van der Waals surface area contributed by atoms with Crippen molar-refractivity contribution in [3.05, 3.63) is 77.3 Å². The van der Waals surface area contributed by atoms with E-state index in [1.165, 1.54) is 43.6 Å². The minimum atomic E-state index is -4.76. The van der Waals surface area contributed by atoms with Crippen LogP contribution in [0.25, 0.3) is 10.4 Å². The first-order valence-corrected chi connectivity index (χ1v) is 12.7. The van der Waals surface area contributed by atoms with Crippen molar-refractivity contribution >= 4 is 39.0 Å². The number of alkyl halides is 3. The molecule has 0 spiro atoms. The fourth-order valence-corrected chi connectivity index (χ4v) is 4.46. The van der Waals surface area contributed by atoms with Gasteiger partial charge < -0.3 is 15.8 Å². The molecule has 3 aromatic rings. The van der Waals surface area contributed by atoms with E-state index < -0.39 is 28.2 Å².